The third-order valence-electron chi connectivity index (χ3n) is 3.44. The summed E-state index contributed by atoms with van der Waals surface area (Å²) in [5.41, 5.74) is 2.95. The Labute approximate surface area is 103 Å². The Hall–Kier alpha value is -0.470. The van der Waals surface area contributed by atoms with E-state index in [2.05, 4.69) is 36.7 Å². The first-order valence-corrected chi connectivity index (χ1v) is 7.36. The number of hydrogen-bond donors (Lipinski definition) is 1. The molecule has 0 saturated carbocycles. The number of thioether (sulfide) groups is 1. The Morgan fingerprint density at radius 2 is 2.06 bits per heavy atom. The fourth-order valence-electron chi connectivity index (χ4n) is 2.49. The highest BCUT2D eigenvalue weighted by Gasteiger charge is 2.13. The maximum atomic E-state index is 3.43. The molecule has 0 radical (unpaired) electrons. The molecule has 0 bridgehead atoms. The summed E-state index contributed by atoms with van der Waals surface area (Å²) in [5.74, 6) is 0.890. The molecule has 2 rings (SSSR count). The SMILES string of the molecule is CSc1ccc(CC2CCNCC2)cc1C. The monoisotopic (exact) mass is 235 g/mol. The molecule has 1 saturated heterocycles. The number of rotatable bonds is 3. The number of nitrogens with one attached hydrogen (secondary N) is 1. The average molecular weight is 235 g/mol. The smallest absolute Gasteiger partial charge is 0.00985 e. The average Bonchev–Trinajstić information content (AvgIpc) is 2.31. The lowest BCUT2D eigenvalue weighted by atomic mass is 9.90. The highest BCUT2D eigenvalue weighted by Crippen LogP contribution is 2.24. The van der Waals surface area contributed by atoms with Gasteiger partial charge in [0.2, 0.25) is 0 Å². The highest BCUT2D eigenvalue weighted by molar-refractivity contribution is 7.98. The van der Waals surface area contributed by atoms with Crippen LogP contribution in [0.2, 0.25) is 0 Å². The van der Waals surface area contributed by atoms with Gasteiger partial charge in [0.25, 0.3) is 0 Å². The van der Waals surface area contributed by atoms with Crippen LogP contribution in [0.5, 0.6) is 0 Å². The van der Waals surface area contributed by atoms with E-state index in [0.29, 0.717) is 0 Å². The van der Waals surface area contributed by atoms with Crippen LogP contribution in [-0.4, -0.2) is 19.3 Å². The molecule has 0 spiro atoms. The van der Waals surface area contributed by atoms with Crippen molar-refractivity contribution in [2.24, 2.45) is 5.92 Å². The summed E-state index contributed by atoms with van der Waals surface area (Å²) in [6, 6.07) is 6.95. The molecule has 1 nitrogen and oxygen atoms in total. The summed E-state index contributed by atoms with van der Waals surface area (Å²) in [6.45, 7) is 4.62. The second-order valence-electron chi connectivity index (χ2n) is 4.70. The van der Waals surface area contributed by atoms with Gasteiger partial charge in [-0.3, -0.25) is 0 Å². The van der Waals surface area contributed by atoms with E-state index in [4.69, 9.17) is 0 Å². The van der Waals surface area contributed by atoms with Crippen molar-refractivity contribution >= 4 is 11.8 Å². The van der Waals surface area contributed by atoms with Gasteiger partial charge in [-0.15, -0.1) is 11.8 Å². The minimum absolute atomic E-state index is 0.890. The van der Waals surface area contributed by atoms with Crippen molar-refractivity contribution < 1.29 is 0 Å². The molecular formula is C14H21NS. The molecule has 0 amide bonds. The number of benzene rings is 1. The van der Waals surface area contributed by atoms with Crippen molar-refractivity contribution in [3.05, 3.63) is 29.3 Å². The van der Waals surface area contributed by atoms with Crippen LogP contribution in [0.3, 0.4) is 0 Å². The number of piperidine rings is 1. The van der Waals surface area contributed by atoms with Gasteiger partial charge in [-0.2, -0.15) is 0 Å². The van der Waals surface area contributed by atoms with Crippen LogP contribution in [0.15, 0.2) is 23.1 Å². The van der Waals surface area contributed by atoms with E-state index < -0.39 is 0 Å². The molecule has 1 aromatic rings. The fourth-order valence-corrected chi connectivity index (χ4v) is 3.07. The molecule has 1 aromatic carbocycles. The van der Waals surface area contributed by atoms with Crippen LogP contribution in [-0.2, 0) is 6.42 Å². The van der Waals surface area contributed by atoms with Crippen LogP contribution in [0, 0.1) is 12.8 Å². The normalized spacial score (nSPS) is 17.6. The summed E-state index contributed by atoms with van der Waals surface area (Å²) in [7, 11) is 0. The molecule has 1 aliphatic rings. The van der Waals surface area contributed by atoms with E-state index in [0.717, 1.165) is 5.92 Å². The van der Waals surface area contributed by atoms with Crippen molar-refractivity contribution in [2.75, 3.05) is 19.3 Å². The molecule has 1 fully saturated rings. The van der Waals surface area contributed by atoms with Crippen molar-refractivity contribution in [2.45, 2.75) is 31.1 Å². The molecule has 16 heavy (non-hydrogen) atoms. The van der Waals surface area contributed by atoms with Crippen LogP contribution < -0.4 is 5.32 Å². The highest BCUT2D eigenvalue weighted by atomic mass is 32.2. The number of hydrogen-bond acceptors (Lipinski definition) is 2. The third kappa shape index (κ3) is 3.02. The van der Waals surface area contributed by atoms with E-state index in [1.165, 1.54) is 48.4 Å². The summed E-state index contributed by atoms with van der Waals surface area (Å²) < 4.78 is 0. The predicted octanol–water partition coefficient (Wildman–Crippen LogP) is 3.26. The maximum absolute atomic E-state index is 3.43. The lowest BCUT2D eigenvalue weighted by Crippen LogP contribution is -2.28. The van der Waals surface area contributed by atoms with E-state index in [1.54, 1.807) is 0 Å². The summed E-state index contributed by atoms with van der Waals surface area (Å²) >= 11 is 1.84. The Morgan fingerprint density at radius 1 is 1.31 bits per heavy atom. The van der Waals surface area contributed by atoms with Crippen molar-refractivity contribution in [3.63, 3.8) is 0 Å². The van der Waals surface area contributed by atoms with Crippen LogP contribution in [0.1, 0.15) is 24.0 Å². The van der Waals surface area contributed by atoms with Crippen LogP contribution >= 0.6 is 11.8 Å². The van der Waals surface area contributed by atoms with Crippen LogP contribution in [0.25, 0.3) is 0 Å². The zero-order valence-corrected chi connectivity index (χ0v) is 11.1. The second kappa shape index (κ2) is 5.74. The molecule has 1 aliphatic heterocycles. The molecule has 1 N–H and O–H groups in total. The van der Waals surface area contributed by atoms with Gasteiger partial charge < -0.3 is 5.32 Å². The van der Waals surface area contributed by atoms with Gasteiger partial charge in [0, 0.05) is 4.90 Å². The van der Waals surface area contributed by atoms with Crippen LogP contribution in [0.4, 0.5) is 0 Å². The molecule has 0 aromatic heterocycles. The molecule has 2 heteroatoms. The van der Waals surface area contributed by atoms with Gasteiger partial charge in [-0.1, -0.05) is 12.1 Å². The Kier molecular flexibility index (Phi) is 4.30. The molecule has 0 atom stereocenters. The minimum atomic E-state index is 0.890. The van der Waals surface area contributed by atoms with Crippen molar-refractivity contribution in [1.82, 2.24) is 5.32 Å². The zero-order chi connectivity index (χ0) is 11.4. The summed E-state index contributed by atoms with van der Waals surface area (Å²) in [4.78, 5) is 1.41. The van der Waals surface area contributed by atoms with Gasteiger partial charge in [-0.05, 0) is 68.6 Å². The standard InChI is InChI=1S/C14H21NS/c1-11-9-13(3-4-14(11)16-2)10-12-5-7-15-8-6-12/h3-4,9,12,15H,5-8,10H2,1-2H3. The van der Waals surface area contributed by atoms with E-state index in [9.17, 15) is 0 Å². The summed E-state index contributed by atoms with van der Waals surface area (Å²) in [6.07, 6.45) is 6.08. The lowest BCUT2D eigenvalue weighted by molar-refractivity contribution is 0.372. The van der Waals surface area contributed by atoms with Gasteiger partial charge in [0.15, 0.2) is 0 Å². The van der Waals surface area contributed by atoms with Crippen molar-refractivity contribution in [3.8, 4) is 0 Å². The van der Waals surface area contributed by atoms with E-state index >= 15 is 0 Å². The topological polar surface area (TPSA) is 12.0 Å². The van der Waals surface area contributed by atoms with Gasteiger partial charge in [-0.25, -0.2) is 0 Å². The Balaban J connectivity index is 2.01. The molecule has 0 unspecified atom stereocenters. The largest absolute Gasteiger partial charge is 0.317 e. The first-order valence-electron chi connectivity index (χ1n) is 6.14. The Morgan fingerprint density at radius 3 is 2.69 bits per heavy atom. The minimum Gasteiger partial charge on any atom is -0.317 e. The summed E-state index contributed by atoms with van der Waals surface area (Å²) in [5, 5.41) is 3.43. The Bertz CT molecular complexity index is 343. The molecule has 1 heterocycles. The quantitative estimate of drug-likeness (QED) is 0.807. The zero-order valence-electron chi connectivity index (χ0n) is 10.3. The van der Waals surface area contributed by atoms with Gasteiger partial charge in [0.05, 0.1) is 0 Å². The maximum Gasteiger partial charge on any atom is 0.00985 e. The molecule has 88 valence electrons. The molecular weight excluding hydrogens is 214 g/mol. The molecule has 0 aliphatic carbocycles. The number of aryl methyl sites for hydroxylation is 1. The lowest BCUT2D eigenvalue weighted by Gasteiger charge is -2.22. The van der Waals surface area contributed by atoms with Gasteiger partial charge >= 0.3 is 0 Å². The van der Waals surface area contributed by atoms with Crippen molar-refractivity contribution in [1.29, 1.82) is 0 Å². The first-order chi connectivity index (χ1) is 7.79. The fraction of sp³-hybridized carbons (Fsp3) is 0.571. The first kappa shape index (κ1) is 12.0. The van der Waals surface area contributed by atoms with E-state index in [-0.39, 0.29) is 0 Å². The van der Waals surface area contributed by atoms with Gasteiger partial charge in [0.1, 0.15) is 0 Å². The third-order valence-corrected chi connectivity index (χ3v) is 4.34. The predicted molar refractivity (Wildman–Crippen MR) is 72.3 cm³/mol. The second-order valence-corrected chi connectivity index (χ2v) is 5.55. The van der Waals surface area contributed by atoms with E-state index in [1.807, 2.05) is 11.8 Å².